The van der Waals surface area contributed by atoms with Crippen LogP contribution < -0.4 is 5.73 Å². The molecule has 1 aliphatic heterocycles. The summed E-state index contributed by atoms with van der Waals surface area (Å²) < 4.78 is 8.12. The van der Waals surface area contributed by atoms with E-state index in [2.05, 4.69) is 21.0 Å². The molecule has 106 valence electrons. The molecule has 1 aliphatic rings. The Kier molecular flexibility index (Phi) is 3.87. The average molecular weight is 331 g/mol. The summed E-state index contributed by atoms with van der Waals surface area (Å²) in [6.07, 6.45) is 1.38. The average Bonchev–Trinajstić information content (AvgIpc) is 2.50. The van der Waals surface area contributed by atoms with Crippen molar-refractivity contribution in [3.63, 3.8) is 0 Å². The summed E-state index contributed by atoms with van der Waals surface area (Å²) in [4.78, 5) is 13.8. The molecule has 6 nitrogen and oxygen atoms in total. The SMILES string of the molecule is CC(C)(C)OC(=O)N1Cc2c(Br)cnn2CC(N)C1. The molecule has 1 atom stereocenters. The third kappa shape index (κ3) is 3.48. The van der Waals surface area contributed by atoms with Crippen molar-refractivity contribution >= 4 is 22.0 Å². The highest BCUT2D eigenvalue weighted by molar-refractivity contribution is 9.10. The van der Waals surface area contributed by atoms with Crippen LogP contribution in [0.2, 0.25) is 0 Å². The van der Waals surface area contributed by atoms with Crippen molar-refractivity contribution in [1.82, 2.24) is 14.7 Å². The predicted octanol–water partition coefficient (Wildman–Crippen LogP) is 1.72. The lowest BCUT2D eigenvalue weighted by Crippen LogP contribution is -2.42. The van der Waals surface area contributed by atoms with Gasteiger partial charge in [0, 0.05) is 12.6 Å². The number of fused-ring (bicyclic) bond motifs is 1. The Labute approximate surface area is 121 Å². The van der Waals surface area contributed by atoms with Crippen molar-refractivity contribution in [3.8, 4) is 0 Å². The summed E-state index contributed by atoms with van der Waals surface area (Å²) in [5, 5.41) is 4.25. The van der Waals surface area contributed by atoms with E-state index in [1.54, 1.807) is 11.1 Å². The van der Waals surface area contributed by atoms with Gasteiger partial charge in [0.05, 0.1) is 29.5 Å². The highest BCUT2D eigenvalue weighted by Crippen LogP contribution is 2.22. The van der Waals surface area contributed by atoms with Crippen LogP contribution in [0.15, 0.2) is 10.7 Å². The number of rotatable bonds is 0. The molecule has 1 amide bonds. The zero-order valence-corrected chi connectivity index (χ0v) is 13.0. The maximum Gasteiger partial charge on any atom is 0.410 e. The minimum Gasteiger partial charge on any atom is -0.444 e. The van der Waals surface area contributed by atoms with Gasteiger partial charge in [0.2, 0.25) is 0 Å². The molecule has 0 aromatic carbocycles. The van der Waals surface area contributed by atoms with Gasteiger partial charge in [-0.1, -0.05) is 0 Å². The Hall–Kier alpha value is -1.08. The molecule has 2 rings (SSSR count). The fraction of sp³-hybridized carbons (Fsp3) is 0.667. The molecule has 0 fully saturated rings. The summed E-state index contributed by atoms with van der Waals surface area (Å²) in [6, 6.07) is -0.152. The Bertz CT molecular complexity index is 481. The van der Waals surface area contributed by atoms with Crippen molar-refractivity contribution in [1.29, 1.82) is 0 Å². The molecule has 2 heterocycles. The normalized spacial score (nSPS) is 19.8. The van der Waals surface area contributed by atoms with Crippen LogP contribution in [0.25, 0.3) is 0 Å². The van der Waals surface area contributed by atoms with E-state index in [0.717, 1.165) is 10.2 Å². The van der Waals surface area contributed by atoms with Gasteiger partial charge in [0.1, 0.15) is 5.60 Å². The summed E-state index contributed by atoms with van der Waals surface area (Å²) in [5.74, 6) is 0. The van der Waals surface area contributed by atoms with Crippen LogP contribution >= 0.6 is 15.9 Å². The maximum absolute atomic E-state index is 12.2. The number of halogens is 1. The fourth-order valence-corrected chi connectivity index (χ4v) is 2.40. The van der Waals surface area contributed by atoms with Crippen molar-refractivity contribution in [3.05, 3.63) is 16.4 Å². The molecule has 0 bridgehead atoms. The van der Waals surface area contributed by atoms with Crippen LogP contribution in [0.3, 0.4) is 0 Å². The van der Waals surface area contributed by atoms with E-state index in [0.29, 0.717) is 19.6 Å². The molecule has 0 spiro atoms. The number of nitrogens with zero attached hydrogens (tertiary/aromatic N) is 3. The summed E-state index contributed by atoms with van der Waals surface area (Å²) in [5.41, 5.74) is 6.46. The van der Waals surface area contributed by atoms with E-state index < -0.39 is 5.60 Å². The van der Waals surface area contributed by atoms with Crippen LogP contribution in [-0.4, -0.2) is 39.0 Å². The molecule has 0 saturated heterocycles. The molecule has 0 aliphatic carbocycles. The Morgan fingerprint density at radius 2 is 2.21 bits per heavy atom. The second kappa shape index (κ2) is 5.13. The van der Waals surface area contributed by atoms with Gasteiger partial charge in [-0.2, -0.15) is 5.10 Å². The fourth-order valence-electron chi connectivity index (χ4n) is 1.98. The molecule has 0 saturated carbocycles. The number of hydrogen-bond acceptors (Lipinski definition) is 4. The molecule has 1 aromatic heterocycles. The second-order valence-corrected chi connectivity index (χ2v) is 6.60. The minimum atomic E-state index is -0.509. The molecule has 2 N–H and O–H groups in total. The Morgan fingerprint density at radius 1 is 1.53 bits per heavy atom. The van der Waals surface area contributed by atoms with Crippen molar-refractivity contribution in [2.24, 2.45) is 5.73 Å². The van der Waals surface area contributed by atoms with Gasteiger partial charge in [-0.25, -0.2) is 4.79 Å². The second-order valence-electron chi connectivity index (χ2n) is 5.74. The molecular formula is C12H19BrN4O2. The molecular weight excluding hydrogens is 312 g/mol. The van der Waals surface area contributed by atoms with E-state index in [1.165, 1.54) is 0 Å². The summed E-state index contributed by atoms with van der Waals surface area (Å²) in [7, 11) is 0. The van der Waals surface area contributed by atoms with Crippen LogP contribution in [0, 0.1) is 0 Å². The first-order chi connectivity index (χ1) is 8.76. The van der Waals surface area contributed by atoms with Crippen molar-refractivity contribution in [2.75, 3.05) is 6.54 Å². The van der Waals surface area contributed by atoms with E-state index in [1.807, 2.05) is 25.5 Å². The minimum absolute atomic E-state index is 0.152. The van der Waals surface area contributed by atoms with Gasteiger partial charge < -0.3 is 15.4 Å². The van der Waals surface area contributed by atoms with Crippen LogP contribution in [0.4, 0.5) is 4.79 Å². The first-order valence-corrected chi connectivity index (χ1v) is 6.99. The zero-order valence-electron chi connectivity index (χ0n) is 11.4. The lowest BCUT2D eigenvalue weighted by atomic mass is 10.2. The third-order valence-electron chi connectivity index (χ3n) is 2.75. The summed E-state index contributed by atoms with van der Waals surface area (Å²) >= 11 is 3.44. The number of nitrogens with two attached hydrogens (primary N) is 1. The van der Waals surface area contributed by atoms with Gasteiger partial charge in [0.25, 0.3) is 0 Å². The van der Waals surface area contributed by atoms with Crippen LogP contribution in [0.5, 0.6) is 0 Å². The number of carbonyl (C=O) groups is 1. The summed E-state index contributed by atoms with van der Waals surface area (Å²) in [6.45, 7) is 7.06. The third-order valence-corrected chi connectivity index (χ3v) is 3.41. The van der Waals surface area contributed by atoms with Gasteiger partial charge >= 0.3 is 6.09 Å². The van der Waals surface area contributed by atoms with Gasteiger partial charge in [-0.05, 0) is 36.7 Å². The molecule has 19 heavy (non-hydrogen) atoms. The highest BCUT2D eigenvalue weighted by Gasteiger charge is 2.28. The number of ether oxygens (including phenoxy) is 1. The van der Waals surface area contributed by atoms with Gasteiger partial charge in [-0.15, -0.1) is 0 Å². The number of hydrogen-bond donors (Lipinski definition) is 1. The maximum atomic E-state index is 12.2. The number of amides is 1. The number of aromatic nitrogens is 2. The lowest BCUT2D eigenvalue weighted by molar-refractivity contribution is 0.0228. The molecule has 0 radical (unpaired) electrons. The predicted molar refractivity (Wildman–Crippen MR) is 74.5 cm³/mol. The topological polar surface area (TPSA) is 73.4 Å². The quantitative estimate of drug-likeness (QED) is 0.786. The van der Waals surface area contributed by atoms with Crippen LogP contribution in [0.1, 0.15) is 26.5 Å². The van der Waals surface area contributed by atoms with Gasteiger partial charge in [0.15, 0.2) is 0 Å². The Balaban J connectivity index is 2.19. The smallest absolute Gasteiger partial charge is 0.410 e. The first-order valence-electron chi connectivity index (χ1n) is 6.20. The largest absolute Gasteiger partial charge is 0.444 e. The van der Waals surface area contributed by atoms with Gasteiger partial charge in [-0.3, -0.25) is 4.68 Å². The first kappa shape index (κ1) is 14.3. The molecule has 1 unspecified atom stereocenters. The monoisotopic (exact) mass is 330 g/mol. The Morgan fingerprint density at radius 3 is 2.84 bits per heavy atom. The van der Waals surface area contributed by atoms with E-state index in [4.69, 9.17) is 10.5 Å². The number of carbonyl (C=O) groups excluding carboxylic acids is 1. The zero-order chi connectivity index (χ0) is 14.2. The van der Waals surface area contributed by atoms with E-state index in [-0.39, 0.29) is 12.1 Å². The van der Waals surface area contributed by atoms with Crippen molar-refractivity contribution < 1.29 is 9.53 Å². The van der Waals surface area contributed by atoms with Crippen molar-refractivity contribution in [2.45, 2.75) is 45.5 Å². The molecule has 7 heteroatoms. The van der Waals surface area contributed by atoms with E-state index >= 15 is 0 Å². The molecule has 1 aromatic rings. The lowest BCUT2D eigenvalue weighted by Gasteiger charge is -2.27. The van der Waals surface area contributed by atoms with Crippen LogP contribution in [-0.2, 0) is 17.8 Å². The highest BCUT2D eigenvalue weighted by atomic mass is 79.9. The van der Waals surface area contributed by atoms with E-state index in [9.17, 15) is 4.79 Å². The standard InChI is InChI=1S/C12H19BrN4O2/c1-12(2,3)19-11(18)16-5-8(14)6-17-10(7-16)9(13)4-15-17/h4,8H,5-7,14H2,1-3H3.